The molecule has 60 valence electrons. The van der Waals surface area contributed by atoms with Gasteiger partial charge in [-0.25, -0.2) is 4.98 Å². The van der Waals surface area contributed by atoms with Gasteiger partial charge in [-0.05, 0) is 23.0 Å². The van der Waals surface area contributed by atoms with Crippen LogP contribution in [0.25, 0.3) is 12.2 Å². The molecule has 0 aromatic carbocycles. The standard InChI is InChI=1S/C8H6N2OS/c11-8-6-1-3-12-4-2-7(6)9-5-10-8/h1-5H,(H,9,10,11). The van der Waals surface area contributed by atoms with Crippen LogP contribution in [0.5, 0.6) is 0 Å². The van der Waals surface area contributed by atoms with Crippen LogP contribution in [-0.2, 0) is 0 Å². The Morgan fingerprint density at radius 3 is 3.08 bits per heavy atom. The average Bonchev–Trinajstić information content (AvgIpc) is 2.30. The molecule has 0 amide bonds. The molecule has 0 radical (unpaired) electrons. The number of thioether (sulfide) groups is 1. The van der Waals surface area contributed by atoms with Gasteiger partial charge in [-0.2, -0.15) is 0 Å². The quantitative estimate of drug-likeness (QED) is 0.654. The first-order valence-electron chi connectivity index (χ1n) is 3.44. The van der Waals surface area contributed by atoms with Crippen LogP contribution in [0, 0.1) is 0 Å². The maximum absolute atomic E-state index is 11.2. The Labute approximate surface area is 73.2 Å². The highest BCUT2D eigenvalue weighted by Crippen LogP contribution is 2.16. The SMILES string of the molecule is O=c1[nH]cnc2c1C=CSC=C2. The monoisotopic (exact) mass is 178 g/mol. The predicted octanol–water partition coefficient (Wildman–Crippen LogP) is 1.46. The molecular weight excluding hydrogens is 172 g/mol. The van der Waals surface area contributed by atoms with Crippen molar-refractivity contribution in [1.82, 2.24) is 9.97 Å². The fourth-order valence-corrected chi connectivity index (χ4v) is 1.49. The van der Waals surface area contributed by atoms with E-state index in [9.17, 15) is 4.79 Å². The van der Waals surface area contributed by atoms with E-state index in [1.165, 1.54) is 18.1 Å². The number of aromatic nitrogens is 2. The molecule has 1 aromatic rings. The molecule has 1 aliphatic rings. The van der Waals surface area contributed by atoms with Gasteiger partial charge in [0.25, 0.3) is 5.56 Å². The predicted molar refractivity (Wildman–Crippen MR) is 50.5 cm³/mol. The van der Waals surface area contributed by atoms with Crippen LogP contribution in [0.2, 0.25) is 0 Å². The molecule has 0 saturated heterocycles. The highest BCUT2D eigenvalue weighted by atomic mass is 32.2. The minimum Gasteiger partial charge on any atom is -0.313 e. The van der Waals surface area contributed by atoms with Crippen LogP contribution < -0.4 is 5.56 Å². The first-order chi connectivity index (χ1) is 5.88. The molecule has 0 fully saturated rings. The largest absolute Gasteiger partial charge is 0.313 e. The summed E-state index contributed by atoms with van der Waals surface area (Å²) in [6.45, 7) is 0. The minimum atomic E-state index is -0.0941. The summed E-state index contributed by atoms with van der Waals surface area (Å²) in [4.78, 5) is 17.8. The van der Waals surface area contributed by atoms with Gasteiger partial charge >= 0.3 is 0 Å². The van der Waals surface area contributed by atoms with Crippen LogP contribution >= 0.6 is 11.8 Å². The zero-order valence-electron chi connectivity index (χ0n) is 6.15. The van der Waals surface area contributed by atoms with E-state index in [0.29, 0.717) is 5.56 Å². The summed E-state index contributed by atoms with van der Waals surface area (Å²) in [5, 5.41) is 3.76. The van der Waals surface area contributed by atoms with Crippen molar-refractivity contribution in [2.24, 2.45) is 0 Å². The molecule has 0 bridgehead atoms. The molecule has 0 spiro atoms. The van der Waals surface area contributed by atoms with Gasteiger partial charge in [-0.3, -0.25) is 4.79 Å². The van der Waals surface area contributed by atoms with E-state index < -0.39 is 0 Å². The molecule has 2 heterocycles. The lowest BCUT2D eigenvalue weighted by atomic mass is 10.2. The molecule has 0 saturated carbocycles. The van der Waals surface area contributed by atoms with Crippen LogP contribution in [0.3, 0.4) is 0 Å². The molecule has 3 nitrogen and oxygen atoms in total. The van der Waals surface area contributed by atoms with Crippen molar-refractivity contribution in [2.75, 3.05) is 0 Å². The molecule has 1 aromatic heterocycles. The maximum Gasteiger partial charge on any atom is 0.258 e. The number of hydrogen-bond donors (Lipinski definition) is 1. The second-order valence-corrected chi connectivity index (χ2v) is 3.09. The Kier molecular flexibility index (Phi) is 1.83. The van der Waals surface area contributed by atoms with E-state index in [0.717, 1.165) is 5.69 Å². The van der Waals surface area contributed by atoms with Gasteiger partial charge in [-0.15, -0.1) is 11.8 Å². The molecule has 0 atom stereocenters. The lowest BCUT2D eigenvalue weighted by Gasteiger charge is -1.94. The van der Waals surface area contributed by atoms with E-state index in [-0.39, 0.29) is 5.56 Å². The Morgan fingerprint density at radius 1 is 1.33 bits per heavy atom. The van der Waals surface area contributed by atoms with Crippen molar-refractivity contribution in [3.8, 4) is 0 Å². The highest BCUT2D eigenvalue weighted by Gasteiger charge is 2.03. The zero-order chi connectivity index (χ0) is 8.39. The van der Waals surface area contributed by atoms with Gasteiger partial charge in [0.15, 0.2) is 0 Å². The summed E-state index contributed by atoms with van der Waals surface area (Å²) in [5.74, 6) is 0. The van der Waals surface area contributed by atoms with Crippen molar-refractivity contribution in [2.45, 2.75) is 0 Å². The van der Waals surface area contributed by atoms with Crippen LogP contribution in [-0.4, -0.2) is 9.97 Å². The summed E-state index contributed by atoms with van der Waals surface area (Å²) >= 11 is 1.53. The number of hydrogen-bond acceptors (Lipinski definition) is 3. The first-order valence-corrected chi connectivity index (χ1v) is 4.38. The van der Waals surface area contributed by atoms with Crippen molar-refractivity contribution < 1.29 is 0 Å². The summed E-state index contributed by atoms with van der Waals surface area (Å²) in [7, 11) is 0. The van der Waals surface area contributed by atoms with E-state index in [1.54, 1.807) is 6.08 Å². The van der Waals surface area contributed by atoms with Gasteiger partial charge < -0.3 is 4.98 Å². The van der Waals surface area contributed by atoms with Crippen molar-refractivity contribution in [3.63, 3.8) is 0 Å². The Bertz CT molecular complexity index is 406. The van der Waals surface area contributed by atoms with E-state index in [2.05, 4.69) is 9.97 Å². The van der Waals surface area contributed by atoms with Gasteiger partial charge in [-0.1, -0.05) is 0 Å². The van der Waals surface area contributed by atoms with E-state index in [1.807, 2.05) is 16.9 Å². The number of H-pyrrole nitrogens is 1. The summed E-state index contributed by atoms with van der Waals surface area (Å²) in [6, 6.07) is 0. The normalized spacial score (nSPS) is 14.0. The molecule has 2 rings (SSSR count). The fourth-order valence-electron chi connectivity index (χ4n) is 0.974. The molecule has 0 aliphatic carbocycles. The maximum atomic E-state index is 11.2. The summed E-state index contributed by atoms with van der Waals surface area (Å²) in [6.07, 6.45) is 5.01. The fraction of sp³-hybridized carbons (Fsp3) is 0. The number of nitrogens with one attached hydrogen (secondary N) is 1. The number of nitrogens with zero attached hydrogens (tertiary/aromatic N) is 1. The molecule has 0 unspecified atom stereocenters. The van der Waals surface area contributed by atoms with Gasteiger partial charge in [0, 0.05) is 0 Å². The molecule has 1 aliphatic heterocycles. The first kappa shape index (κ1) is 7.36. The highest BCUT2D eigenvalue weighted by molar-refractivity contribution is 8.05. The van der Waals surface area contributed by atoms with Gasteiger partial charge in [0.1, 0.15) is 0 Å². The summed E-state index contributed by atoms with van der Waals surface area (Å²) < 4.78 is 0. The zero-order valence-corrected chi connectivity index (χ0v) is 6.97. The average molecular weight is 178 g/mol. The van der Waals surface area contributed by atoms with Crippen molar-refractivity contribution in [1.29, 1.82) is 0 Å². The third kappa shape index (κ3) is 1.21. The van der Waals surface area contributed by atoms with Gasteiger partial charge in [0.05, 0.1) is 17.6 Å². The Balaban J connectivity index is 2.73. The number of rotatable bonds is 0. The second-order valence-electron chi connectivity index (χ2n) is 2.27. The topological polar surface area (TPSA) is 45.8 Å². The van der Waals surface area contributed by atoms with Gasteiger partial charge in [0.2, 0.25) is 0 Å². The van der Waals surface area contributed by atoms with Crippen LogP contribution in [0.4, 0.5) is 0 Å². The smallest absolute Gasteiger partial charge is 0.258 e. The lowest BCUT2D eigenvalue weighted by molar-refractivity contribution is 1.09. The minimum absolute atomic E-state index is 0.0941. The Morgan fingerprint density at radius 2 is 2.17 bits per heavy atom. The van der Waals surface area contributed by atoms with Crippen molar-refractivity contribution in [3.05, 3.63) is 38.8 Å². The number of fused-ring (bicyclic) bond motifs is 1. The van der Waals surface area contributed by atoms with Crippen LogP contribution in [0.1, 0.15) is 11.3 Å². The third-order valence-electron chi connectivity index (χ3n) is 1.54. The van der Waals surface area contributed by atoms with E-state index >= 15 is 0 Å². The third-order valence-corrected chi connectivity index (χ3v) is 2.12. The molecular formula is C8H6N2OS. The van der Waals surface area contributed by atoms with E-state index in [4.69, 9.17) is 0 Å². The second kappa shape index (κ2) is 2.98. The molecule has 4 heteroatoms. The number of aromatic amines is 1. The lowest BCUT2D eigenvalue weighted by Crippen LogP contribution is -2.11. The van der Waals surface area contributed by atoms with Crippen LogP contribution in [0.15, 0.2) is 21.9 Å². The Hall–Kier alpha value is -1.29. The van der Waals surface area contributed by atoms with Crippen molar-refractivity contribution >= 4 is 23.9 Å². The molecule has 1 N–H and O–H groups in total. The molecule has 12 heavy (non-hydrogen) atoms. The summed E-state index contributed by atoms with van der Waals surface area (Å²) in [5.41, 5.74) is 1.25.